The lowest BCUT2D eigenvalue weighted by Gasteiger charge is -2.35. The van der Waals surface area contributed by atoms with Crippen LogP contribution >= 0.6 is 11.8 Å². The topological polar surface area (TPSA) is 42.2 Å². The zero-order valence-corrected chi connectivity index (χ0v) is 9.83. The monoisotopic (exact) mass is 223 g/mol. The van der Waals surface area contributed by atoms with Gasteiger partial charge in [-0.05, 0) is 18.6 Å². The van der Waals surface area contributed by atoms with E-state index in [1.165, 1.54) is 22.8 Å². The van der Waals surface area contributed by atoms with Gasteiger partial charge in [0.2, 0.25) is 0 Å². The Bertz CT molecular complexity index is 329. The van der Waals surface area contributed by atoms with Gasteiger partial charge >= 0.3 is 0 Å². The fourth-order valence-corrected chi connectivity index (χ4v) is 2.94. The van der Waals surface area contributed by atoms with Crippen molar-refractivity contribution in [3.63, 3.8) is 0 Å². The largest absolute Gasteiger partial charge is 0.366 e. The third kappa shape index (κ3) is 2.26. The van der Waals surface area contributed by atoms with Crippen molar-refractivity contribution in [1.29, 1.82) is 0 Å². The highest BCUT2D eigenvalue weighted by molar-refractivity contribution is 7.99. The van der Waals surface area contributed by atoms with Crippen molar-refractivity contribution in [2.24, 2.45) is 5.73 Å². The number of hydrogen-bond acceptors (Lipinski definition) is 4. The first-order valence-corrected chi connectivity index (χ1v) is 6.45. The normalized spacial score (nSPS) is 21.7. The Hall–Kier alpha value is -0.740. The van der Waals surface area contributed by atoms with Gasteiger partial charge in [-0.15, -0.1) is 0 Å². The molecule has 1 atom stereocenters. The van der Waals surface area contributed by atoms with E-state index in [0.29, 0.717) is 12.6 Å². The number of aromatic nitrogens is 1. The van der Waals surface area contributed by atoms with Gasteiger partial charge in [0.1, 0.15) is 0 Å². The van der Waals surface area contributed by atoms with E-state index < -0.39 is 0 Å². The Morgan fingerprint density at radius 1 is 1.67 bits per heavy atom. The van der Waals surface area contributed by atoms with E-state index in [2.05, 4.69) is 16.8 Å². The van der Waals surface area contributed by atoms with E-state index in [4.69, 9.17) is 5.73 Å². The van der Waals surface area contributed by atoms with Gasteiger partial charge < -0.3 is 10.6 Å². The number of anilines is 1. The van der Waals surface area contributed by atoms with Crippen LogP contribution < -0.4 is 10.6 Å². The molecule has 3 nitrogen and oxygen atoms in total. The molecule has 1 aromatic heterocycles. The molecule has 1 aliphatic rings. The molecule has 1 aromatic rings. The minimum absolute atomic E-state index is 0.582. The van der Waals surface area contributed by atoms with Gasteiger partial charge in [0, 0.05) is 36.8 Å². The molecule has 2 rings (SSSR count). The van der Waals surface area contributed by atoms with Gasteiger partial charge in [0.25, 0.3) is 0 Å². The summed E-state index contributed by atoms with van der Waals surface area (Å²) in [6, 6.07) is 2.60. The fourth-order valence-electron chi connectivity index (χ4n) is 1.93. The third-order valence-corrected chi connectivity index (χ3v) is 3.97. The Morgan fingerprint density at radius 3 is 3.27 bits per heavy atom. The maximum absolute atomic E-state index is 5.74. The first-order chi connectivity index (χ1) is 7.33. The molecule has 4 heteroatoms. The summed E-state index contributed by atoms with van der Waals surface area (Å²) in [6.07, 6.45) is 3.75. The maximum atomic E-state index is 5.74. The summed E-state index contributed by atoms with van der Waals surface area (Å²) in [4.78, 5) is 6.62. The lowest BCUT2D eigenvalue weighted by Crippen LogP contribution is -2.41. The van der Waals surface area contributed by atoms with E-state index in [1.54, 1.807) is 0 Å². The molecule has 1 unspecified atom stereocenters. The Balaban J connectivity index is 2.26. The Morgan fingerprint density at radius 2 is 2.53 bits per heavy atom. The standard InChI is InChI=1S/C11H17N3S/c1-9-8-15-5-4-14(9)11-7-13-3-2-10(11)6-12/h2-3,7,9H,4-6,8,12H2,1H3. The molecular weight excluding hydrogens is 206 g/mol. The Labute approximate surface area is 95.1 Å². The van der Waals surface area contributed by atoms with Crippen LogP contribution in [0.3, 0.4) is 0 Å². The third-order valence-electron chi connectivity index (χ3n) is 2.78. The molecule has 0 aromatic carbocycles. The van der Waals surface area contributed by atoms with E-state index in [1.807, 2.05) is 30.2 Å². The highest BCUT2D eigenvalue weighted by Crippen LogP contribution is 2.25. The first-order valence-electron chi connectivity index (χ1n) is 5.30. The van der Waals surface area contributed by atoms with Crippen LogP contribution in [-0.2, 0) is 6.54 Å². The van der Waals surface area contributed by atoms with Crippen molar-refractivity contribution in [2.75, 3.05) is 23.0 Å². The van der Waals surface area contributed by atoms with E-state index in [-0.39, 0.29) is 0 Å². The first kappa shape index (κ1) is 10.8. The average molecular weight is 223 g/mol. The van der Waals surface area contributed by atoms with Crippen LogP contribution in [0.25, 0.3) is 0 Å². The molecule has 0 amide bonds. The molecule has 82 valence electrons. The molecule has 1 fully saturated rings. The molecule has 1 saturated heterocycles. The molecule has 15 heavy (non-hydrogen) atoms. The average Bonchev–Trinajstić information content (AvgIpc) is 2.30. The van der Waals surface area contributed by atoms with Crippen LogP contribution in [0.4, 0.5) is 5.69 Å². The predicted octanol–water partition coefficient (Wildman–Crippen LogP) is 1.48. The second-order valence-electron chi connectivity index (χ2n) is 3.83. The van der Waals surface area contributed by atoms with Crippen molar-refractivity contribution in [3.05, 3.63) is 24.0 Å². The minimum atomic E-state index is 0.582. The van der Waals surface area contributed by atoms with Gasteiger partial charge in [0.15, 0.2) is 0 Å². The molecular formula is C11H17N3S. The predicted molar refractivity (Wildman–Crippen MR) is 66.3 cm³/mol. The Kier molecular flexibility index (Phi) is 3.49. The summed E-state index contributed by atoms with van der Waals surface area (Å²) in [5, 5.41) is 0. The lowest BCUT2D eigenvalue weighted by molar-refractivity contribution is 0.694. The second kappa shape index (κ2) is 4.86. The van der Waals surface area contributed by atoms with Gasteiger partial charge in [-0.1, -0.05) is 0 Å². The molecule has 0 aliphatic carbocycles. The molecule has 1 aliphatic heterocycles. The van der Waals surface area contributed by atoms with Gasteiger partial charge in [0.05, 0.1) is 11.9 Å². The highest BCUT2D eigenvalue weighted by Gasteiger charge is 2.20. The maximum Gasteiger partial charge on any atom is 0.0601 e. The van der Waals surface area contributed by atoms with Gasteiger partial charge in [-0.25, -0.2) is 0 Å². The van der Waals surface area contributed by atoms with Crippen molar-refractivity contribution in [2.45, 2.75) is 19.5 Å². The van der Waals surface area contributed by atoms with E-state index in [0.717, 1.165) is 6.54 Å². The summed E-state index contributed by atoms with van der Waals surface area (Å²) >= 11 is 2.02. The summed E-state index contributed by atoms with van der Waals surface area (Å²) in [6.45, 7) is 3.96. The zero-order valence-electron chi connectivity index (χ0n) is 9.02. The van der Waals surface area contributed by atoms with E-state index >= 15 is 0 Å². The summed E-state index contributed by atoms with van der Waals surface area (Å²) in [5.41, 5.74) is 8.16. The molecule has 0 radical (unpaired) electrons. The van der Waals surface area contributed by atoms with Crippen LogP contribution in [-0.4, -0.2) is 29.1 Å². The lowest BCUT2D eigenvalue weighted by atomic mass is 10.1. The van der Waals surface area contributed by atoms with Crippen LogP contribution in [0.2, 0.25) is 0 Å². The molecule has 2 heterocycles. The highest BCUT2D eigenvalue weighted by atomic mass is 32.2. The second-order valence-corrected chi connectivity index (χ2v) is 4.98. The number of pyridine rings is 1. The molecule has 0 bridgehead atoms. The van der Waals surface area contributed by atoms with Crippen LogP contribution in [0.1, 0.15) is 12.5 Å². The number of hydrogen-bond donors (Lipinski definition) is 1. The smallest absolute Gasteiger partial charge is 0.0601 e. The summed E-state index contributed by atoms with van der Waals surface area (Å²) in [7, 11) is 0. The summed E-state index contributed by atoms with van der Waals surface area (Å²) < 4.78 is 0. The molecule has 0 spiro atoms. The van der Waals surface area contributed by atoms with Crippen molar-refractivity contribution < 1.29 is 0 Å². The number of nitrogens with two attached hydrogens (primary N) is 1. The van der Waals surface area contributed by atoms with Gasteiger partial charge in [-0.2, -0.15) is 11.8 Å². The van der Waals surface area contributed by atoms with Crippen molar-refractivity contribution in [3.8, 4) is 0 Å². The number of thioether (sulfide) groups is 1. The summed E-state index contributed by atoms with van der Waals surface area (Å²) in [5.74, 6) is 2.39. The minimum Gasteiger partial charge on any atom is -0.366 e. The SMILES string of the molecule is CC1CSCCN1c1cnccc1CN. The van der Waals surface area contributed by atoms with Crippen molar-refractivity contribution >= 4 is 17.4 Å². The zero-order chi connectivity index (χ0) is 10.7. The van der Waals surface area contributed by atoms with E-state index in [9.17, 15) is 0 Å². The molecule has 2 N–H and O–H groups in total. The molecule has 0 saturated carbocycles. The van der Waals surface area contributed by atoms with Crippen LogP contribution in [0.5, 0.6) is 0 Å². The number of rotatable bonds is 2. The van der Waals surface area contributed by atoms with Crippen LogP contribution in [0, 0.1) is 0 Å². The number of nitrogens with zero attached hydrogens (tertiary/aromatic N) is 2. The van der Waals surface area contributed by atoms with Crippen molar-refractivity contribution in [1.82, 2.24) is 4.98 Å². The fraction of sp³-hybridized carbons (Fsp3) is 0.545. The van der Waals surface area contributed by atoms with Crippen LogP contribution in [0.15, 0.2) is 18.5 Å². The van der Waals surface area contributed by atoms with Gasteiger partial charge in [-0.3, -0.25) is 4.98 Å². The quantitative estimate of drug-likeness (QED) is 0.824.